The van der Waals surface area contributed by atoms with Crippen molar-refractivity contribution in [1.82, 2.24) is 0 Å². The molecule has 0 heterocycles. The van der Waals surface area contributed by atoms with Gasteiger partial charge in [-0.25, -0.2) is 0 Å². The van der Waals surface area contributed by atoms with E-state index in [1.807, 2.05) is 0 Å². The lowest BCUT2D eigenvalue weighted by atomic mass is 9.47. The van der Waals surface area contributed by atoms with Crippen molar-refractivity contribution in [3.8, 4) is 0 Å². The van der Waals surface area contributed by atoms with Crippen LogP contribution in [0.1, 0.15) is 71.6 Å². The third-order valence-corrected chi connectivity index (χ3v) is 8.37. The molecular formula is C21H32O2. The summed E-state index contributed by atoms with van der Waals surface area (Å²) in [5, 5.41) is 0. The molecular weight excluding hydrogens is 284 g/mol. The Balaban J connectivity index is 1.64. The highest BCUT2D eigenvalue weighted by Gasteiger charge is 2.56. The predicted molar refractivity (Wildman–Crippen MR) is 91.8 cm³/mol. The van der Waals surface area contributed by atoms with Crippen LogP contribution in [0.15, 0.2) is 11.6 Å². The number of carbonyl (C=O) groups excluding carboxylic acids is 1. The fourth-order valence-electron chi connectivity index (χ4n) is 7.16. The summed E-state index contributed by atoms with van der Waals surface area (Å²) in [5.74, 6) is 2.73. The number of hydrogen-bond donors (Lipinski definition) is 0. The molecule has 0 spiro atoms. The maximum atomic E-state index is 12.1. The van der Waals surface area contributed by atoms with E-state index in [4.69, 9.17) is 4.74 Å². The Morgan fingerprint density at radius 1 is 1.17 bits per heavy atom. The van der Waals surface area contributed by atoms with Crippen molar-refractivity contribution in [3.63, 3.8) is 0 Å². The number of esters is 1. The van der Waals surface area contributed by atoms with E-state index in [-0.39, 0.29) is 17.3 Å². The molecule has 128 valence electrons. The maximum Gasteiger partial charge on any atom is 0.308 e. The molecule has 1 unspecified atom stereocenters. The van der Waals surface area contributed by atoms with Crippen LogP contribution < -0.4 is 0 Å². The standard InChI is InChI=1S/C21H32O2/c1-20-11-4-5-17(20)16-9-8-15-7-6-14(19(22)23-3)13-21(15,2)18(16)10-12-20/h7,14,16-18H,4-6,8-13H2,1-3H3/t14?,16-,17-,18+,20-,21-/m0/s1. The van der Waals surface area contributed by atoms with Crippen LogP contribution in [-0.2, 0) is 9.53 Å². The van der Waals surface area contributed by atoms with Crippen LogP contribution >= 0.6 is 0 Å². The first-order valence-electron chi connectivity index (χ1n) is 9.75. The molecule has 0 aromatic carbocycles. The quantitative estimate of drug-likeness (QED) is 0.495. The van der Waals surface area contributed by atoms with Crippen LogP contribution in [0, 0.1) is 34.5 Å². The molecule has 6 atom stereocenters. The molecule has 0 aromatic heterocycles. The number of carbonyl (C=O) groups is 1. The number of fused-ring (bicyclic) bond motifs is 5. The zero-order valence-corrected chi connectivity index (χ0v) is 15.1. The van der Waals surface area contributed by atoms with E-state index in [2.05, 4.69) is 19.9 Å². The number of allylic oxidation sites excluding steroid dienone is 2. The summed E-state index contributed by atoms with van der Waals surface area (Å²) >= 11 is 0. The Kier molecular flexibility index (Phi) is 3.66. The van der Waals surface area contributed by atoms with Gasteiger partial charge >= 0.3 is 5.97 Å². The van der Waals surface area contributed by atoms with Crippen LogP contribution in [0.3, 0.4) is 0 Å². The highest BCUT2D eigenvalue weighted by atomic mass is 16.5. The van der Waals surface area contributed by atoms with E-state index >= 15 is 0 Å². The van der Waals surface area contributed by atoms with Gasteiger partial charge in [-0.1, -0.05) is 31.9 Å². The summed E-state index contributed by atoms with van der Waals surface area (Å²) in [6.45, 7) is 5.04. The average Bonchev–Trinajstić information content (AvgIpc) is 2.94. The summed E-state index contributed by atoms with van der Waals surface area (Å²) in [5.41, 5.74) is 2.54. The molecule has 4 aliphatic carbocycles. The van der Waals surface area contributed by atoms with Crippen molar-refractivity contribution in [2.24, 2.45) is 34.5 Å². The third kappa shape index (κ3) is 2.23. The lowest BCUT2D eigenvalue weighted by molar-refractivity contribution is -0.148. The fourth-order valence-corrected chi connectivity index (χ4v) is 7.16. The predicted octanol–water partition coefficient (Wildman–Crippen LogP) is 5.13. The number of methoxy groups -OCH3 is 1. The largest absolute Gasteiger partial charge is 0.469 e. The van der Waals surface area contributed by atoms with Gasteiger partial charge in [-0.3, -0.25) is 4.79 Å². The first-order valence-corrected chi connectivity index (χ1v) is 9.75. The number of ether oxygens (including phenoxy) is 1. The van der Waals surface area contributed by atoms with Crippen molar-refractivity contribution in [2.75, 3.05) is 7.11 Å². The average molecular weight is 316 g/mol. The minimum atomic E-state index is 0.00478. The summed E-state index contributed by atoms with van der Waals surface area (Å²) < 4.78 is 5.07. The molecule has 0 radical (unpaired) electrons. The summed E-state index contributed by atoms with van der Waals surface area (Å²) in [7, 11) is 1.54. The Morgan fingerprint density at radius 3 is 2.78 bits per heavy atom. The SMILES string of the molecule is COC(=O)C1CC=C2CC[C@@H]3[C@@H](CC[C@]4(C)CCC[C@@H]34)[C@@]2(C)C1. The first kappa shape index (κ1) is 15.7. The zero-order chi connectivity index (χ0) is 16.2. The van der Waals surface area contributed by atoms with Crippen LogP contribution in [0.25, 0.3) is 0 Å². The van der Waals surface area contributed by atoms with E-state index in [1.54, 1.807) is 5.57 Å². The van der Waals surface area contributed by atoms with Gasteiger partial charge in [-0.2, -0.15) is 0 Å². The van der Waals surface area contributed by atoms with Crippen molar-refractivity contribution in [3.05, 3.63) is 11.6 Å². The molecule has 0 amide bonds. The van der Waals surface area contributed by atoms with Gasteiger partial charge in [0.05, 0.1) is 13.0 Å². The van der Waals surface area contributed by atoms with Crippen LogP contribution in [0.4, 0.5) is 0 Å². The minimum Gasteiger partial charge on any atom is -0.469 e. The van der Waals surface area contributed by atoms with Crippen LogP contribution in [-0.4, -0.2) is 13.1 Å². The first-order chi connectivity index (χ1) is 11.0. The summed E-state index contributed by atoms with van der Waals surface area (Å²) in [4.78, 5) is 12.1. The normalized spacial score (nSPS) is 48.7. The van der Waals surface area contributed by atoms with E-state index in [1.165, 1.54) is 52.1 Å². The van der Waals surface area contributed by atoms with Gasteiger partial charge in [0.2, 0.25) is 0 Å². The molecule has 0 aliphatic heterocycles. The van der Waals surface area contributed by atoms with E-state index in [0.717, 1.165) is 30.6 Å². The monoisotopic (exact) mass is 316 g/mol. The Hall–Kier alpha value is -0.790. The zero-order valence-electron chi connectivity index (χ0n) is 15.1. The number of rotatable bonds is 1. The van der Waals surface area contributed by atoms with Gasteiger partial charge in [-0.15, -0.1) is 0 Å². The van der Waals surface area contributed by atoms with Gasteiger partial charge in [-0.05, 0) is 80.0 Å². The van der Waals surface area contributed by atoms with Gasteiger partial charge in [0.1, 0.15) is 0 Å². The topological polar surface area (TPSA) is 26.3 Å². The van der Waals surface area contributed by atoms with Gasteiger partial charge in [0, 0.05) is 0 Å². The molecule has 2 nitrogen and oxygen atoms in total. The molecule has 0 aromatic rings. The second-order valence-corrected chi connectivity index (χ2v) is 9.31. The lowest BCUT2D eigenvalue weighted by Gasteiger charge is -2.58. The Labute approximate surface area is 141 Å². The summed E-state index contributed by atoms with van der Waals surface area (Å²) in [6, 6.07) is 0. The van der Waals surface area contributed by atoms with Crippen LogP contribution in [0.2, 0.25) is 0 Å². The molecule has 0 N–H and O–H groups in total. The second kappa shape index (κ2) is 5.36. The van der Waals surface area contributed by atoms with Crippen molar-refractivity contribution in [2.45, 2.75) is 71.6 Å². The summed E-state index contributed by atoms with van der Waals surface area (Å²) in [6.07, 6.45) is 14.1. The van der Waals surface area contributed by atoms with Gasteiger partial charge in [0.15, 0.2) is 0 Å². The number of hydrogen-bond acceptors (Lipinski definition) is 2. The lowest BCUT2D eigenvalue weighted by Crippen LogP contribution is -2.50. The van der Waals surface area contributed by atoms with E-state index in [0.29, 0.717) is 5.41 Å². The molecule has 4 aliphatic rings. The second-order valence-electron chi connectivity index (χ2n) is 9.31. The van der Waals surface area contributed by atoms with Gasteiger partial charge in [0.25, 0.3) is 0 Å². The highest BCUT2D eigenvalue weighted by Crippen LogP contribution is 2.65. The molecule has 3 saturated carbocycles. The smallest absolute Gasteiger partial charge is 0.308 e. The van der Waals surface area contributed by atoms with E-state index < -0.39 is 0 Å². The van der Waals surface area contributed by atoms with Crippen molar-refractivity contribution < 1.29 is 9.53 Å². The third-order valence-electron chi connectivity index (χ3n) is 8.37. The molecule has 23 heavy (non-hydrogen) atoms. The molecule has 3 fully saturated rings. The Bertz CT molecular complexity index is 536. The highest BCUT2D eigenvalue weighted by molar-refractivity contribution is 5.73. The Morgan fingerprint density at radius 2 is 2.00 bits per heavy atom. The molecule has 2 heteroatoms. The van der Waals surface area contributed by atoms with Crippen molar-refractivity contribution >= 4 is 5.97 Å². The molecule has 0 bridgehead atoms. The fraction of sp³-hybridized carbons (Fsp3) is 0.857. The molecule has 0 saturated heterocycles. The van der Waals surface area contributed by atoms with E-state index in [9.17, 15) is 4.79 Å². The maximum absolute atomic E-state index is 12.1. The minimum absolute atomic E-state index is 0.00478. The molecule has 4 rings (SSSR count). The van der Waals surface area contributed by atoms with Crippen LogP contribution in [0.5, 0.6) is 0 Å². The van der Waals surface area contributed by atoms with Crippen molar-refractivity contribution in [1.29, 1.82) is 0 Å². The van der Waals surface area contributed by atoms with Gasteiger partial charge < -0.3 is 4.74 Å².